The largest absolute Gasteiger partial charge is 0.456 e. The van der Waals surface area contributed by atoms with Gasteiger partial charge in [-0.1, -0.05) is 70.2 Å². The average Bonchev–Trinajstić information content (AvgIpc) is 3.90. The van der Waals surface area contributed by atoms with E-state index >= 15 is 4.39 Å². The van der Waals surface area contributed by atoms with Crippen molar-refractivity contribution in [2.24, 2.45) is 0 Å². The summed E-state index contributed by atoms with van der Waals surface area (Å²) in [6.45, 7) is 20.9. The van der Waals surface area contributed by atoms with E-state index in [0.29, 0.717) is 66.4 Å². The highest BCUT2D eigenvalue weighted by atomic mass is 35.5. The maximum atomic E-state index is 15.8. The maximum absolute atomic E-state index is 15.8. The molecule has 308 valence electrons. The van der Waals surface area contributed by atoms with Gasteiger partial charge in [-0.3, -0.25) is 4.57 Å². The minimum absolute atomic E-state index is 0.0679. The Morgan fingerprint density at radius 2 is 1.77 bits per heavy atom. The number of hydrogen-bond donors (Lipinski definition) is 1. The molecule has 3 aromatic rings. The van der Waals surface area contributed by atoms with Crippen molar-refractivity contribution in [2.45, 2.75) is 140 Å². The number of aryl methyl sites for hydroxylation is 1. The third-order valence-corrected chi connectivity index (χ3v) is 18.2. The van der Waals surface area contributed by atoms with E-state index in [1.165, 1.54) is 0 Å². The van der Waals surface area contributed by atoms with E-state index in [1.54, 1.807) is 12.1 Å². The van der Waals surface area contributed by atoms with Gasteiger partial charge >= 0.3 is 6.01 Å². The van der Waals surface area contributed by atoms with Crippen molar-refractivity contribution in [3.8, 4) is 6.01 Å². The minimum Gasteiger partial charge on any atom is -0.456 e. The van der Waals surface area contributed by atoms with Gasteiger partial charge in [-0.25, -0.2) is 9.37 Å². The van der Waals surface area contributed by atoms with Crippen LogP contribution >= 0.6 is 11.6 Å². The third-order valence-electron chi connectivity index (χ3n) is 11.8. The second-order valence-electron chi connectivity index (χ2n) is 18.3. The molecule has 11 nitrogen and oxygen atoms in total. The van der Waals surface area contributed by atoms with E-state index in [0.717, 1.165) is 49.5 Å². The second kappa shape index (κ2) is 17.1. The van der Waals surface area contributed by atoms with Gasteiger partial charge in [-0.15, -0.1) is 0 Å². The maximum Gasteiger partial charge on any atom is 0.301 e. The van der Waals surface area contributed by atoms with E-state index in [-0.39, 0.29) is 48.2 Å². The fourth-order valence-corrected chi connectivity index (χ4v) is 9.77. The first-order valence-electron chi connectivity index (χ1n) is 20.3. The van der Waals surface area contributed by atoms with E-state index < -0.39 is 22.5 Å². The summed E-state index contributed by atoms with van der Waals surface area (Å²) >= 11 is 6.87. The van der Waals surface area contributed by atoms with Crippen molar-refractivity contribution in [1.29, 1.82) is 0 Å². The van der Waals surface area contributed by atoms with Crippen molar-refractivity contribution >= 4 is 51.0 Å². The Morgan fingerprint density at radius 3 is 2.50 bits per heavy atom. The summed E-state index contributed by atoms with van der Waals surface area (Å²) in [7, 11) is -3.37. The molecule has 5 heterocycles. The van der Waals surface area contributed by atoms with E-state index in [1.807, 2.05) is 16.7 Å². The Bertz CT molecular complexity index is 1880. The first-order valence-corrected chi connectivity index (χ1v) is 27.3. The van der Waals surface area contributed by atoms with Crippen molar-refractivity contribution in [2.75, 3.05) is 38.4 Å². The van der Waals surface area contributed by atoms with Gasteiger partial charge in [-0.05, 0) is 79.5 Å². The molecule has 0 radical (unpaired) electrons. The molecule has 6 atom stereocenters. The number of pyridine rings is 1. The van der Waals surface area contributed by atoms with Crippen LogP contribution in [0.5, 0.6) is 6.01 Å². The fraction of sp³-hybridized carbons (Fsp3) is 0.659. The lowest BCUT2D eigenvalue weighted by atomic mass is 10.0. The highest BCUT2D eigenvalue weighted by molar-refractivity contribution is 6.76. The normalized spacial score (nSPS) is 25.7. The number of nitrogens with one attached hydrogen (secondary N) is 1. The summed E-state index contributed by atoms with van der Waals surface area (Å²) in [6, 6.07) is 6.48. The SMILES string of the molecule is CC(C)(C)[Si](C)(C)OC1CO[C@H]2[C@@H]1OC[C@H]2Oc1nc2cc(Cl)c(N[C@H]3CCc4cc(/C=C/COC5CCCCO5)cc(F)c43)nc2n1COCC[Si](C)(C)C. The standard InChI is InChI=1S/C41H60ClFN4O7Si2/c1-41(2,3)56(7,8)54-33-24-52-36-32(23-51-37(33)36)53-40-45-31-22-28(42)38(46-39(31)47(40)25-48-18-19-55(4,5)6)44-30-15-14-27-20-26(21-29(43)35(27)30)12-11-17-50-34-13-9-10-16-49-34/h11-12,20-22,30,32-34,36-37H,9-10,13-19,23-25H2,1-8H3,(H,44,46)/b12-11+/t30-,32+,33?,34?,36+,37+/m0/s1. The molecule has 1 aromatic carbocycles. The van der Waals surface area contributed by atoms with E-state index in [4.69, 9.17) is 54.4 Å². The second-order valence-corrected chi connectivity index (χ2v) is 29.1. The molecule has 3 fully saturated rings. The number of imidazole rings is 1. The molecule has 3 saturated heterocycles. The van der Waals surface area contributed by atoms with Gasteiger partial charge in [0.2, 0.25) is 0 Å². The van der Waals surface area contributed by atoms with Crippen molar-refractivity contribution in [3.05, 3.63) is 51.8 Å². The lowest BCUT2D eigenvalue weighted by molar-refractivity contribution is -0.155. The molecule has 1 aliphatic carbocycles. The Hall–Kier alpha value is -2.41. The number of rotatable bonds is 15. The molecule has 56 heavy (non-hydrogen) atoms. The van der Waals surface area contributed by atoms with E-state index in [9.17, 15) is 0 Å². The van der Waals surface area contributed by atoms with Gasteiger partial charge in [0.1, 0.15) is 36.1 Å². The Kier molecular flexibility index (Phi) is 12.7. The topological polar surface area (TPSA) is 107 Å². The molecule has 2 aromatic heterocycles. The first-order chi connectivity index (χ1) is 26.6. The summed E-state index contributed by atoms with van der Waals surface area (Å²) < 4.78 is 61.2. The van der Waals surface area contributed by atoms with Gasteiger partial charge in [0.25, 0.3) is 0 Å². The molecule has 0 amide bonds. The summed E-state index contributed by atoms with van der Waals surface area (Å²) in [5.74, 6) is 0.192. The molecule has 3 aliphatic heterocycles. The molecule has 15 heteroatoms. The van der Waals surface area contributed by atoms with Crippen LogP contribution in [0.1, 0.15) is 69.2 Å². The Labute approximate surface area is 338 Å². The molecule has 0 saturated carbocycles. The number of hydrogen-bond acceptors (Lipinski definition) is 10. The zero-order chi connectivity index (χ0) is 39.8. The predicted octanol–water partition coefficient (Wildman–Crippen LogP) is 9.13. The Morgan fingerprint density at radius 1 is 1.00 bits per heavy atom. The molecule has 7 rings (SSSR count). The van der Waals surface area contributed by atoms with Crippen LogP contribution in [0.3, 0.4) is 0 Å². The first kappa shape index (κ1) is 41.7. The lowest BCUT2D eigenvalue weighted by Crippen LogP contribution is -2.47. The molecule has 1 N–H and O–H groups in total. The zero-order valence-electron chi connectivity index (χ0n) is 34.3. The van der Waals surface area contributed by atoms with Gasteiger partial charge in [0, 0.05) is 26.9 Å². The smallest absolute Gasteiger partial charge is 0.301 e. The third kappa shape index (κ3) is 9.55. The van der Waals surface area contributed by atoms with Crippen molar-refractivity contribution in [1.82, 2.24) is 14.5 Å². The van der Waals surface area contributed by atoms with Crippen LogP contribution in [0.15, 0.2) is 24.3 Å². The van der Waals surface area contributed by atoms with Crippen molar-refractivity contribution < 1.29 is 37.2 Å². The van der Waals surface area contributed by atoms with Gasteiger partial charge < -0.3 is 38.2 Å². The van der Waals surface area contributed by atoms with Gasteiger partial charge in [0.15, 0.2) is 26.4 Å². The Balaban J connectivity index is 1.08. The van der Waals surface area contributed by atoms with Crippen LogP contribution < -0.4 is 10.1 Å². The molecule has 0 bridgehead atoms. The number of anilines is 1. The molecular weight excluding hydrogens is 771 g/mol. The minimum atomic E-state index is -2.04. The number of halogens is 2. The van der Waals surface area contributed by atoms with Crippen molar-refractivity contribution in [3.63, 3.8) is 0 Å². The predicted molar refractivity (Wildman–Crippen MR) is 222 cm³/mol. The molecule has 4 aliphatic rings. The molecule has 2 unspecified atom stereocenters. The van der Waals surface area contributed by atoms with E-state index in [2.05, 4.69) is 64.9 Å². The fourth-order valence-electron chi connectivity index (χ4n) is 7.50. The quantitative estimate of drug-likeness (QED) is 0.118. The average molecular weight is 832 g/mol. The van der Waals surface area contributed by atoms with Crippen LogP contribution in [0.25, 0.3) is 17.2 Å². The molecule has 0 spiro atoms. The summed E-state index contributed by atoms with van der Waals surface area (Å²) in [4.78, 5) is 9.84. The van der Waals surface area contributed by atoms with Gasteiger partial charge in [-0.2, -0.15) is 4.98 Å². The van der Waals surface area contributed by atoms with Crippen LogP contribution in [0.2, 0.25) is 48.8 Å². The van der Waals surface area contributed by atoms with Crippen LogP contribution in [-0.2, 0) is 41.3 Å². The summed E-state index contributed by atoms with van der Waals surface area (Å²) in [5.41, 5.74) is 3.54. The number of benzene rings is 1. The zero-order valence-corrected chi connectivity index (χ0v) is 37.0. The summed E-state index contributed by atoms with van der Waals surface area (Å²) in [6.07, 6.45) is 7.14. The summed E-state index contributed by atoms with van der Waals surface area (Å²) in [5, 5.41) is 3.92. The molecular formula is C41H60ClFN4O7Si2. The number of fused-ring (bicyclic) bond motifs is 3. The number of nitrogens with zero attached hydrogens (tertiary/aromatic N) is 3. The highest BCUT2D eigenvalue weighted by Crippen LogP contribution is 2.42. The van der Waals surface area contributed by atoms with Gasteiger partial charge in [0.05, 0.1) is 37.0 Å². The van der Waals surface area contributed by atoms with Crippen LogP contribution in [0.4, 0.5) is 10.2 Å². The van der Waals surface area contributed by atoms with Crippen LogP contribution in [0, 0.1) is 5.82 Å². The number of aromatic nitrogens is 3. The lowest BCUT2D eigenvalue weighted by Gasteiger charge is -2.39. The highest BCUT2D eigenvalue weighted by Gasteiger charge is 2.52. The monoisotopic (exact) mass is 830 g/mol. The van der Waals surface area contributed by atoms with Crippen LogP contribution in [-0.4, -0.2) is 94.7 Å². The number of ether oxygens (including phenoxy) is 6.